The third-order valence-corrected chi connectivity index (χ3v) is 2.78. The number of rotatable bonds is 2. The molecule has 1 aromatic heterocycles. The first-order valence-corrected chi connectivity index (χ1v) is 5.40. The van der Waals surface area contributed by atoms with Gasteiger partial charge >= 0.3 is 0 Å². The number of aromatic nitrogens is 2. The van der Waals surface area contributed by atoms with Crippen LogP contribution in [0, 0.1) is 10.1 Å². The van der Waals surface area contributed by atoms with Gasteiger partial charge in [0.2, 0.25) is 0 Å². The van der Waals surface area contributed by atoms with Crippen molar-refractivity contribution in [1.29, 1.82) is 0 Å². The molecule has 5 nitrogen and oxygen atoms in total. The fourth-order valence-corrected chi connectivity index (χ4v) is 1.83. The van der Waals surface area contributed by atoms with E-state index >= 15 is 0 Å². The molecule has 0 radical (unpaired) electrons. The predicted octanol–water partition coefficient (Wildman–Crippen LogP) is 2.38. The van der Waals surface area contributed by atoms with E-state index < -0.39 is 0 Å². The molecule has 0 amide bonds. The molecule has 0 bridgehead atoms. The molecule has 0 saturated heterocycles. The van der Waals surface area contributed by atoms with Crippen LogP contribution in [-0.4, -0.2) is 14.7 Å². The fourth-order valence-electron chi connectivity index (χ4n) is 1.51. The lowest BCUT2D eigenvalue weighted by molar-refractivity contribution is -0.383. The van der Waals surface area contributed by atoms with Gasteiger partial charge in [-0.15, -0.1) is 0 Å². The average Bonchev–Trinajstić information content (AvgIpc) is 2.55. The smallest absolute Gasteiger partial charge is 0.274 e. The number of hydrogen-bond donors (Lipinski definition) is 0. The molecular weight excluding hydrogens is 262 g/mol. The van der Waals surface area contributed by atoms with E-state index in [4.69, 9.17) is 0 Å². The van der Waals surface area contributed by atoms with Gasteiger partial charge in [-0.25, -0.2) is 0 Å². The van der Waals surface area contributed by atoms with Crippen LogP contribution in [-0.2, 0) is 12.4 Å². The lowest BCUT2D eigenvalue weighted by atomic mass is 10.1. The number of non-ortho nitro benzene ring substituents is 1. The zero-order chi connectivity index (χ0) is 11.0. The first-order chi connectivity index (χ1) is 7.11. The van der Waals surface area contributed by atoms with Crippen molar-refractivity contribution in [3.63, 3.8) is 0 Å². The van der Waals surface area contributed by atoms with Crippen LogP contribution in [0.3, 0.4) is 0 Å². The van der Waals surface area contributed by atoms with Crippen LogP contribution in [0.15, 0.2) is 18.3 Å². The quantitative estimate of drug-likeness (QED) is 0.478. The van der Waals surface area contributed by atoms with Gasteiger partial charge in [0.15, 0.2) is 0 Å². The van der Waals surface area contributed by atoms with E-state index in [2.05, 4.69) is 21.0 Å². The highest BCUT2D eigenvalue weighted by atomic mass is 79.9. The number of aryl methyl sites for hydroxylation is 1. The largest absolute Gasteiger partial charge is 0.280 e. The topological polar surface area (TPSA) is 61.0 Å². The van der Waals surface area contributed by atoms with E-state index in [-0.39, 0.29) is 10.6 Å². The lowest BCUT2D eigenvalue weighted by Gasteiger charge is -1.96. The molecule has 0 unspecified atom stereocenters. The maximum absolute atomic E-state index is 10.8. The molecule has 0 spiro atoms. The second-order valence-electron chi connectivity index (χ2n) is 3.24. The molecule has 1 aromatic carbocycles. The third-order valence-electron chi connectivity index (χ3n) is 2.13. The summed E-state index contributed by atoms with van der Waals surface area (Å²) in [7, 11) is 1.75. The highest BCUT2D eigenvalue weighted by molar-refractivity contribution is 9.08. The monoisotopic (exact) mass is 269 g/mol. The molecule has 0 aliphatic rings. The molecule has 2 aromatic rings. The molecule has 0 atom stereocenters. The zero-order valence-electron chi connectivity index (χ0n) is 7.98. The number of hydrogen-bond acceptors (Lipinski definition) is 3. The van der Waals surface area contributed by atoms with E-state index in [0.717, 1.165) is 5.56 Å². The fraction of sp³-hybridized carbons (Fsp3) is 0.222. The highest BCUT2D eigenvalue weighted by Gasteiger charge is 2.15. The normalized spacial score (nSPS) is 10.8. The van der Waals surface area contributed by atoms with E-state index in [9.17, 15) is 10.1 Å². The van der Waals surface area contributed by atoms with Crippen molar-refractivity contribution in [1.82, 2.24) is 9.78 Å². The number of halogens is 1. The van der Waals surface area contributed by atoms with Crippen molar-refractivity contribution in [2.45, 2.75) is 5.33 Å². The maximum atomic E-state index is 10.8. The SMILES string of the molecule is Cn1cc2c([N+](=O)[O-])cc(CBr)cc2n1. The Morgan fingerprint density at radius 1 is 1.60 bits per heavy atom. The van der Waals surface area contributed by atoms with E-state index in [1.54, 1.807) is 24.0 Å². The van der Waals surface area contributed by atoms with Gasteiger partial charge in [0.1, 0.15) is 0 Å². The van der Waals surface area contributed by atoms with Crippen LogP contribution in [0.1, 0.15) is 5.56 Å². The van der Waals surface area contributed by atoms with Gasteiger partial charge in [-0.05, 0) is 11.6 Å². The number of benzene rings is 1. The summed E-state index contributed by atoms with van der Waals surface area (Å²) in [6, 6.07) is 3.41. The highest BCUT2D eigenvalue weighted by Crippen LogP contribution is 2.27. The summed E-state index contributed by atoms with van der Waals surface area (Å²) >= 11 is 3.28. The van der Waals surface area contributed by atoms with Gasteiger partial charge in [0, 0.05) is 24.6 Å². The van der Waals surface area contributed by atoms with Gasteiger partial charge in [-0.3, -0.25) is 14.8 Å². The average molecular weight is 270 g/mol. The van der Waals surface area contributed by atoms with Crippen LogP contribution in [0.4, 0.5) is 5.69 Å². The molecule has 15 heavy (non-hydrogen) atoms. The third kappa shape index (κ3) is 1.72. The molecule has 0 aliphatic carbocycles. The minimum absolute atomic E-state index is 0.107. The van der Waals surface area contributed by atoms with Gasteiger partial charge in [0.25, 0.3) is 5.69 Å². The summed E-state index contributed by atoms with van der Waals surface area (Å²) in [5, 5.41) is 16.2. The summed E-state index contributed by atoms with van der Waals surface area (Å²) in [5.74, 6) is 0. The summed E-state index contributed by atoms with van der Waals surface area (Å²) < 4.78 is 1.58. The Morgan fingerprint density at radius 3 is 2.93 bits per heavy atom. The predicted molar refractivity (Wildman–Crippen MR) is 60.0 cm³/mol. The number of nitro groups is 1. The maximum Gasteiger partial charge on any atom is 0.280 e. The molecule has 0 N–H and O–H groups in total. The molecule has 6 heteroatoms. The van der Waals surface area contributed by atoms with Gasteiger partial charge in [0.05, 0.1) is 15.8 Å². The van der Waals surface area contributed by atoms with Crippen molar-refractivity contribution < 1.29 is 4.92 Å². The number of fused-ring (bicyclic) bond motifs is 1. The molecule has 0 saturated carbocycles. The summed E-state index contributed by atoms with van der Waals surface area (Å²) in [4.78, 5) is 10.5. The second kappa shape index (κ2) is 3.62. The van der Waals surface area contributed by atoms with E-state index in [1.807, 2.05) is 6.07 Å². The molecule has 0 fully saturated rings. The van der Waals surface area contributed by atoms with E-state index in [0.29, 0.717) is 16.2 Å². The standard InChI is InChI=1S/C9H8BrN3O2/c1-12-5-7-8(11-12)2-6(4-10)3-9(7)13(14)15/h2-3,5H,4H2,1H3. The molecular formula is C9H8BrN3O2. The van der Waals surface area contributed by atoms with Crippen LogP contribution in [0.5, 0.6) is 0 Å². The first kappa shape index (κ1) is 10.1. The Hall–Kier alpha value is -1.43. The van der Waals surface area contributed by atoms with E-state index in [1.165, 1.54) is 0 Å². The summed E-state index contributed by atoms with van der Waals surface area (Å²) in [5.41, 5.74) is 1.61. The number of nitrogens with zero attached hydrogens (tertiary/aromatic N) is 3. The van der Waals surface area contributed by atoms with Gasteiger partial charge < -0.3 is 0 Å². The Bertz CT molecular complexity index is 535. The second-order valence-corrected chi connectivity index (χ2v) is 3.80. The minimum Gasteiger partial charge on any atom is -0.274 e. The van der Waals surface area contributed by atoms with Gasteiger partial charge in [-0.1, -0.05) is 15.9 Å². The van der Waals surface area contributed by atoms with Gasteiger partial charge in [-0.2, -0.15) is 5.10 Å². The van der Waals surface area contributed by atoms with Crippen molar-refractivity contribution in [2.24, 2.45) is 7.05 Å². The van der Waals surface area contributed by atoms with Crippen LogP contribution >= 0.6 is 15.9 Å². The molecule has 1 heterocycles. The van der Waals surface area contributed by atoms with Crippen molar-refractivity contribution in [3.8, 4) is 0 Å². The number of alkyl halides is 1. The molecule has 0 aliphatic heterocycles. The van der Waals surface area contributed by atoms with Crippen LogP contribution in [0.2, 0.25) is 0 Å². The Labute approximate surface area is 94.0 Å². The molecule has 78 valence electrons. The van der Waals surface area contributed by atoms with Crippen LogP contribution in [0.25, 0.3) is 10.9 Å². The minimum atomic E-state index is -0.379. The Morgan fingerprint density at radius 2 is 2.33 bits per heavy atom. The van der Waals surface area contributed by atoms with Crippen molar-refractivity contribution >= 4 is 32.5 Å². The van der Waals surface area contributed by atoms with Crippen molar-refractivity contribution in [3.05, 3.63) is 34.0 Å². The van der Waals surface area contributed by atoms with Crippen LogP contribution < -0.4 is 0 Å². The molecule has 2 rings (SSSR count). The number of nitro benzene ring substituents is 1. The lowest BCUT2D eigenvalue weighted by Crippen LogP contribution is -1.90. The summed E-state index contributed by atoms with van der Waals surface area (Å²) in [6.07, 6.45) is 1.66. The Balaban J connectivity index is 2.79. The zero-order valence-corrected chi connectivity index (χ0v) is 9.56. The summed E-state index contributed by atoms with van der Waals surface area (Å²) in [6.45, 7) is 0. The first-order valence-electron chi connectivity index (χ1n) is 4.28. The Kier molecular flexibility index (Phi) is 2.44. The van der Waals surface area contributed by atoms with Crippen molar-refractivity contribution in [2.75, 3.05) is 0 Å².